The van der Waals surface area contributed by atoms with Gasteiger partial charge in [-0.1, -0.05) is 42.3 Å². The summed E-state index contributed by atoms with van der Waals surface area (Å²) in [4.78, 5) is 0. The maximum Gasteiger partial charge on any atom is 0.461 e. The Balaban J connectivity index is 2.57. The lowest BCUT2D eigenvalue weighted by molar-refractivity contribution is -0.339. The van der Waals surface area contributed by atoms with Crippen molar-refractivity contribution in [3.05, 3.63) is 47.5 Å². The second-order valence-electron chi connectivity index (χ2n) is 4.88. The highest BCUT2D eigenvalue weighted by Crippen LogP contribution is 2.46. The minimum absolute atomic E-state index is 0.0132. The fourth-order valence-corrected chi connectivity index (χ4v) is 1.94. The molecule has 122 valence electrons. The molecule has 0 unspecified atom stereocenters. The van der Waals surface area contributed by atoms with E-state index in [9.17, 15) is 30.7 Å². The lowest BCUT2D eigenvalue weighted by Gasteiger charge is -2.24. The van der Waals surface area contributed by atoms with Gasteiger partial charge in [0.2, 0.25) is 0 Å². The van der Waals surface area contributed by atoms with Crippen molar-refractivity contribution in [2.75, 3.05) is 0 Å². The van der Waals surface area contributed by atoms with Gasteiger partial charge in [-0.3, -0.25) is 0 Å². The molecule has 23 heavy (non-hydrogen) atoms. The number of hydrogen-bond acceptors (Lipinski definition) is 0. The monoisotopic (exact) mass is 334 g/mol. The average molecular weight is 334 g/mol. The van der Waals surface area contributed by atoms with Gasteiger partial charge in [0.25, 0.3) is 0 Å². The standard InChI is InChI=1S/C16H9F7/c1-10-6-7-11-4-2-3-5-13(11)12(10)8-9-14(17,18)15(19,20)16(21,22)23/h2-7H,1H3. The molecule has 0 N–H and O–H groups in total. The zero-order valence-electron chi connectivity index (χ0n) is 11.6. The topological polar surface area (TPSA) is 0 Å². The van der Waals surface area contributed by atoms with Crippen molar-refractivity contribution in [2.45, 2.75) is 24.9 Å². The number of benzene rings is 2. The first-order chi connectivity index (χ1) is 10.5. The number of fused-ring (bicyclic) bond motifs is 1. The Morgan fingerprint density at radius 2 is 1.43 bits per heavy atom. The van der Waals surface area contributed by atoms with Gasteiger partial charge in [-0.05, 0) is 29.2 Å². The number of rotatable bonds is 1. The van der Waals surface area contributed by atoms with Gasteiger partial charge in [0.05, 0.1) is 0 Å². The molecule has 0 spiro atoms. The van der Waals surface area contributed by atoms with Crippen LogP contribution in [0.25, 0.3) is 10.8 Å². The van der Waals surface area contributed by atoms with E-state index < -0.39 is 18.0 Å². The minimum Gasteiger partial charge on any atom is -0.188 e. The summed E-state index contributed by atoms with van der Waals surface area (Å²) in [5.74, 6) is -9.17. The van der Waals surface area contributed by atoms with Gasteiger partial charge in [0.1, 0.15) is 0 Å². The van der Waals surface area contributed by atoms with Crippen molar-refractivity contribution in [3.63, 3.8) is 0 Å². The molecule has 0 aromatic heterocycles. The highest BCUT2D eigenvalue weighted by Gasteiger charge is 2.72. The summed E-state index contributed by atoms with van der Waals surface area (Å²) in [6.07, 6.45) is -6.39. The average Bonchev–Trinajstić information content (AvgIpc) is 2.44. The van der Waals surface area contributed by atoms with Crippen molar-refractivity contribution >= 4 is 10.8 Å². The van der Waals surface area contributed by atoms with Crippen LogP contribution in [0.15, 0.2) is 36.4 Å². The lowest BCUT2D eigenvalue weighted by atomic mass is 9.99. The molecule has 0 amide bonds. The van der Waals surface area contributed by atoms with Crippen molar-refractivity contribution in [3.8, 4) is 11.8 Å². The fraction of sp³-hybridized carbons (Fsp3) is 0.250. The summed E-state index contributed by atoms with van der Waals surface area (Å²) < 4.78 is 88.5. The van der Waals surface area contributed by atoms with E-state index >= 15 is 0 Å². The van der Waals surface area contributed by atoms with Crippen molar-refractivity contribution in [2.24, 2.45) is 0 Å². The summed E-state index contributed by atoms with van der Waals surface area (Å²) in [6.45, 7) is 1.50. The molecule has 0 saturated carbocycles. The quantitative estimate of drug-likeness (QED) is 0.488. The molecular formula is C16H9F7. The number of hydrogen-bond donors (Lipinski definition) is 0. The van der Waals surface area contributed by atoms with Gasteiger partial charge in [-0.2, -0.15) is 30.7 Å². The first-order valence-corrected chi connectivity index (χ1v) is 6.31. The van der Waals surface area contributed by atoms with Crippen LogP contribution in [0.2, 0.25) is 0 Å². The van der Waals surface area contributed by atoms with Crippen LogP contribution in [0.4, 0.5) is 30.7 Å². The molecule has 0 aliphatic carbocycles. The van der Waals surface area contributed by atoms with Gasteiger partial charge in [0, 0.05) is 5.56 Å². The molecule has 0 fully saturated rings. The maximum atomic E-state index is 13.3. The molecule has 0 heterocycles. The van der Waals surface area contributed by atoms with Crippen molar-refractivity contribution in [1.82, 2.24) is 0 Å². The largest absolute Gasteiger partial charge is 0.461 e. The molecule has 0 aliphatic rings. The van der Waals surface area contributed by atoms with Crippen LogP contribution in [0.1, 0.15) is 11.1 Å². The van der Waals surface area contributed by atoms with Crippen molar-refractivity contribution in [1.29, 1.82) is 0 Å². The molecule has 2 aromatic rings. The molecule has 0 aliphatic heterocycles. The minimum atomic E-state index is -6.39. The van der Waals surface area contributed by atoms with Crippen molar-refractivity contribution < 1.29 is 30.7 Å². The van der Waals surface area contributed by atoms with Crippen LogP contribution in [-0.4, -0.2) is 18.0 Å². The Kier molecular flexibility index (Phi) is 4.05. The third kappa shape index (κ3) is 2.98. The Bertz CT molecular complexity index is 791. The molecule has 2 rings (SSSR count). The van der Waals surface area contributed by atoms with Gasteiger partial charge in [0.15, 0.2) is 0 Å². The molecule has 0 bridgehead atoms. The van der Waals surface area contributed by atoms with Gasteiger partial charge < -0.3 is 0 Å². The lowest BCUT2D eigenvalue weighted by Crippen LogP contribution is -2.51. The van der Waals surface area contributed by atoms with E-state index in [1.807, 2.05) is 0 Å². The molecule has 7 heteroatoms. The SMILES string of the molecule is Cc1ccc2ccccc2c1C#CC(F)(F)C(F)(F)C(F)(F)F. The summed E-state index contributed by atoms with van der Waals surface area (Å²) in [5.41, 5.74) is 0.378. The number of halogens is 7. The smallest absolute Gasteiger partial charge is 0.188 e. The Morgan fingerprint density at radius 3 is 2.04 bits per heavy atom. The first kappa shape index (κ1) is 17.1. The third-order valence-corrected chi connectivity index (χ3v) is 3.23. The van der Waals surface area contributed by atoms with E-state index in [-0.39, 0.29) is 5.56 Å². The Labute approximate surface area is 126 Å². The van der Waals surface area contributed by atoms with E-state index in [1.165, 1.54) is 19.1 Å². The Hall–Kier alpha value is -2.23. The number of alkyl halides is 7. The van der Waals surface area contributed by atoms with E-state index in [1.54, 1.807) is 30.2 Å². The highest BCUT2D eigenvalue weighted by molar-refractivity contribution is 5.89. The highest BCUT2D eigenvalue weighted by atomic mass is 19.4. The summed E-state index contributed by atoms with van der Waals surface area (Å²) in [6, 6.07) is 9.59. The van der Waals surface area contributed by atoms with Crippen LogP contribution >= 0.6 is 0 Å². The Morgan fingerprint density at radius 1 is 0.826 bits per heavy atom. The summed E-state index contributed by atoms with van der Waals surface area (Å²) in [5, 5.41) is 0.999. The summed E-state index contributed by atoms with van der Waals surface area (Å²) >= 11 is 0. The first-order valence-electron chi connectivity index (χ1n) is 6.31. The zero-order chi connectivity index (χ0) is 17.5. The molecular weight excluding hydrogens is 325 g/mol. The molecule has 2 aromatic carbocycles. The predicted octanol–water partition coefficient (Wildman–Crippen LogP) is 5.33. The molecule has 0 radical (unpaired) electrons. The predicted molar refractivity (Wildman–Crippen MR) is 71.5 cm³/mol. The van der Waals surface area contributed by atoms with Crippen LogP contribution in [0, 0.1) is 18.8 Å². The maximum absolute atomic E-state index is 13.3. The second kappa shape index (κ2) is 5.44. The normalized spacial score (nSPS) is 12.9. The zero-order valence-corrected chi connectivity index (χ0v) is 11.6. The van der Waals surface area contributed by atoms with E-state index in [0.29, 0.717) is 16.3 Å². The van der Waals surface area contributed by atoms with Crippen LogP contribution in [-0.2, 0) is 0 Å². The van der Waals surface area contributed by atoms with Gasteiger partial charge >= 0.3 is 18.0 Å². The molecule has 0 nitrogen and oxygen atoms in total. The molecule has 0 atom stereocenters. The number of aryl methyl sites for hydroxylation is 1. The fourth-order valence-electron chi connectivity index (χ4n) is 1.94. The van der Waals surface area contributed by atoms with E-state index in [2.05, 4.69) is 0 Å². The van der Waals surface area contributed by atoms with Gasteiger partial charge in [-0.25, -0.2) is 0 Å². The van der Waals surface area contributed by atoms with Crippen LogP contribution in [0.3, 0.4) is 0 Å². The van der Waals surface area contributed by atoms with Crippen LogP contribution < -0.4 is 0 Å². The van der Waals surface area contributed by atoms with E-state index in [0.717, 1.165) is 5.92 Å². The van der Waals surface area contributed by atoms with Gasteiger partial charge in [-0.15, -0.1) is 0 Å². The second-order valence-corrected chi connectivity index (χ2v) is 4.88. The van der Waals surface area contributed by atoms with Crippen LogP contribution in [0.5, 0.6) is 0 Å². The third-order valence-electron chi connectivity index (χ3n) is 3.23. The summed E-state index contributed by atoms with van der Waals surface area (Å²) in [7, 11) is 0. The molecule has 0 saturated heterocycles. The van der Waals surface area contributed by atoms with E-state index in [4.69, 9.17) is 0 Å².